The van der Waals surface area contributed by atoms with Crippen molar-refractivity contribution in [2.75, 3.05) is 7.05 Å². The maximum absolute atomic E-state index is 12.2. The monoisotopic (exact) mass is 186 g/mol. The third-order valence-corrected chi connectivity index (χ3v) is 1.89. The molecule has 1 unspecified atom stereocenters. The van der Waals surface area contributed by atoms with Crippen molar-refractivity contribution in [3.63, 3.8) is 0 Å². The number of rotatable bonds is 3. The van der Waals surface area contributed by atoms with Crippen LogP contribution in [0.4, 0.5) is 8.78 Å². The van der Waals surface area contributed by atoms with Crippen molar-refractivity contribution in [2.24, 2.45) is 0 Å². The SMILES string of the molecule is CNC(C)c1cccc(C(F)F)n1. The van der Waals surface area contributed by atoms with Crippen LogP contribution in [0.5, 0.6) is 0 Å². The van der Waals surface area contributed by atoms with E-state index in [1.165, 1.54) is 6.07 Å². The highest BCUT2D eigenvalue weighted by atomic mass is 19.3. The maximum Gasteiger partial charge on any atom is 0.280 e. The molecule has 0 spiro atoms. The first kappa shape index (κ1) is 10.1. The minimum absolute atomic E-state index is 0.00120. The third kappa shape index (κ3) is 2.45. The number of pyridine rings is 1. The predicted molar refractivity (Wildman–Crippen MR) is 46.7 cm³/mol. The van der Waals surface area contributed by atoms with Gasteiger partial charge in [0.2, 0.25) is 0 Å². The van der Waals surface area contributed by atoms with Crippen LogP contribution >= 0.6 is 0 Å². The molecule has 0 aliphatic rings. The number of nitrogens with one attached hydrogen (secondary N) is 1. The molecule has 0 aliphatic heterocycles. The molecule has 2 nitrogen and oxygen atoms in total. The highest BCUT2D eigenvalue weighted by Gasteiger charge is 2.10. The summed E-state index contributed by atoms with van der Waals surface area (Å²) in [5.41, 5.74) is 0.472. The second-order valence-electron chi connectivity index (χ2n) is 2.80. The van der Waals surface area contributed by atoms with Crippen LogP contribution < -0.4 is 5.32 Å². The van der Waals surface area contributed by atoms with Crippen LogP contribution in [0.2, 0.25) is 0 Å². The molecule has 1 N–H and O–H groups in total. The Labute approximate surface area is 76.0 Å². The third-order valence-electron chi connectivity index (χ3n) is 1.89. The fraction of sp³-hybridized carbons (Fsp3) is 0.444. The molecule has 4 heteroatoms. The summed E-state index contributed by atoms with van der Waals surface area (Å²) in [6, 6.07) is 4.65. The number of nitrogens with zero attached hydrogens (tertiary/aromatic N) is 1. The minimum atomic E-state index is -2.50. The van der Waals surface area contributed by atoms with Crippen LogP contribution in [0.15, 0.2) is 18.2 Å². The van der Waals surface area contributed by atoms with Crippen LogP contribution in [-0.4, -0.2) is 12.0 Å². The largest absolute Gasteiger partial charge is 0.312 e. The summed E-state index contributed by atoms with van der Waals surface area (Å²) in [4.78, 5) is 3.83. The fourth-order valence-electron chi connectivity index (χ4n) is 0.979. The van der Waals surface area contributed by atoms with Gasteiger partial charge < -0.3 is 5.32 Å². The lowest BCUT2D eigenvalue weighted by atomic mass is 10.2. The number of hydrogen-bond donors (Lipinski definition) is 1. The van der Waals surface area contributed by atoms with E-state index in [9.17, 15) is 8.78 Å². The molecule has 0 fully saturated rings. The highest BCUT2D eigenvalue weighted by Crippen LogP contribution is 2.18. The molecule has 1 aromatic rings. The Morgan fingerprint density at radius 1 is 1.31 bits per heavy atom. The number of alkyl halides is 2. The Bertz CT molecular complexity index is 276. The fourth-order valence-corrected chi connectivity index (χ4v) is 0.979. The van der Waals surface area contributed by atoms with Gasteiger partial charge in [-0.1, -0.05) is 6.07 Å². The van der Waals surface area contributed by atoms with Crippen LogP contribution in [0, 0.1) is 0 Å². The van der Waals surface area contributed by atoms with E-state index < -0.39 is 6.43 Å². The van der Waals surface area contributed by atoms with Crippen molar-refractivity contribution in [1.29, 1.82) is 0 Å². The van der Waals surface area contributed by atoms with Crippen molar-refractivity contribution >= 4 is 0 Å². The lowest BCUT2D eigenvalue weighted by molar-refractivity contribution is 0.145. The van der Waals surface area contributed by atoms with Gasteiger partial charge >= 0.3 is 0 Å². The van der Waals surface area contributed by atoms with Crippen molar-refractivity contribution in [2.45, 2.75) is 19.4 Å². The van der Waals surface area contributed by atoms with Gasteiger partial charge in [-0.3, -0.25) is 4.98 Å². The molecule has 0 amide bonds. The standard InChI is InChI=1S/C9H12F2N2/c1-6(12-2)7-4-3-5-8(13-7)9(10)11/h3-6,9,12H,1-2H3. The Morgan fingerprint density at radius 2 is 1.92 bits per heavy atom. The molecule has 72 valence electrons. The lowest BCUT2D eigenvalue weighted by Gasteiger charge is -2.10. The Balaban J connectivity index is 2.91. The van der Waals surface area contributed by atoms with Gasteiger partial charge in [0.1, 0.15) is 5.69 Å². The molecule has 0 saturated heterocycles. The summed E-state index contributed by atoms with van der Waals surface area (Å²) in [5, 5.41) is 2.94. The zero-order valence-electron chi connectivity index (χ0n) is 7.59. The Morgan fingerprint density at radius 3 is 2.46 bits per heavy atom. The molecule has 0 radical (unpaired) electrons. The molecule has 1 heterocycles. The molecule has 0 saturated carbocycles. The zero-order valence-corrected chi connectivity index (χ0v) is 7.59. The normalized spacial score (nSPS) is 13.3. The van der Waals surface area contributed by atoms with E-state index in [0.717, 1.165) is 0 Å². The molecule has 1 atom stereocenters. The predicted octanol–water partition coefficient (Wildman–Crippen LogP) is 2.30. The summed E-state index contributed by atoms with van der Waals surface area (Å²) in [6.07, 6.45) is -2.50. The van der Waals surface area contributed by atoms with E-state index in [4.69, 9.17) is 0 Å². The van der Waals surface area contributed by atoms with Crippen LogP contribution in [-0.2, 0) is 0 Å². The first-order valence-electron chi connectivity index (χ1n) is 4.07. The molecule has 13 heavy (non-hydrogen) atoms. The van der Waals surface area contributed by atoms with Gasteiger partial charge in [0, 0.05) is 6.04 Å². The van der Waals surface area contributed by atoms with Crippen molar-refractivity contribution in [3.05, 3.63) is 29.6 Å². The molecule has 1 rings (SSSR count). The molecule has 0 bridgehead atoms. The summed E-state index contributed by atoms with van der Waals surface area (Å²) < 4.78 is 24.5. The molecule has 1 aromatic heterocycles. The van der Waals surface area contributed by atoms with Gasteiger partial charge in [-0.15, -0.1) is 0 Å². The van der Waals surface area contributed by atoms with Crippen molar-refractivity contribution < 1.29 is 8.78 Å². The van der Waals surface area contributed by atoms with E-state index in [1.54, 1.807) is 19.2 Å². The van der Waals surface area contributed by atoms with Gasteiger partial charge in [0.25, 0.3) is 6.43 Å². The summed E-state index contributed by atoms with van der Waals surface area (Å²) in [5.74, 6) is 0. The maximum atomic E-state index is 12.2. The van der Waals surface area contributed by atoms with Crippen LogP contribution in [0.3, 0.4) is 0 Å². The number of aromatic nitrogens is 1. The van der Waals surface area contributed by atoms with Gasteiger partial charge in [0.15, 0.2) is 0 Å². The summed E-state index contributed by atoms with van der Waals surface area (Å²) in [6.45, 7) is 1.87. The first-order valence-corrected chi connectivity index (χ1v) is 4.07. The van der Waals surface area contributed by atoms with E-state index in [2.05, 4.69) is 10.3 Å². The van der Waals surface area contributed by atoms with Gasteiger partial charge in [-0.25, -0.2) is 8.78 Å². The highest BCUT2D eigenvalue weighted by molar-refractivity contribution is 5.14. The lowest BCUT2D eigenvalue weighted by Crippen LogP contribution is -2.14. The molecule has 0 aliphatic carbocycles. The summed E-state index contributed by atoms with van der Waals surface area (Å²) >= 11 is 0. The Hall–Kier alpha value is -1.03. The van der Waals surface area contributed by atoms with Gasteiger partial charge in [-0.2, -0.15) is 0 Å². The van der Waals surface area contributed by atoms with Crippen LogP contribution in [0.1, 0.15) is 30.8 Å². The average molecular weight is 186 g/mol. The topological polar surface area (TPSA) is 24.9 Å². The van der Waals surface area contributed by atoms with Crippen LogP contribution in [0.25, 0.3) is 0 Å². The summed E-state index contributed by atoms with van der Waals surface area (Å²) in [7, 11) is 1.77. The van der Waals surface area contributed by atoms with Gasteiger partial charge in [0.05, 0.1) is 5.69 Å². The van der Waals surface area contributed by atoms with Crippen molar-refractivity contribution in [1.82, 2.24) is 10.3 Å². The van der Waals surface area contributed by atoms with Crippen molar-refractivity contribution in [3.8, 4) is 0 Å². The van der Waals surface area contributed by atoms with E-state index >= 15 is 0 Å². The van der Waals surface area contributed by atoms with Gasteiger partial charge in [-0.05, 0) is 26.1 Å². The molecular weight excluding hydrogens is 174 g/mol. The van der Waals surface area contributed by atoms with E-state index in [1.807, 2.05) is 6.92 Å². The average Bonchev–Trinajstić information content (AvgIpc) is 2.17. The quantitative estimate of drug-likeness (QED) is 0.783. The number of halogens is 2. The second-order valence-corrected chi connectivity index (χ2v) is 2.80. The first-order chi connectivity index (χ1) is 6.15. The van der Waals surface area contributed by atoms with E-state index in [0.29, 0.717) is 5.69 Å². The van der Waals surface area contributed by atoms with E-state index in [-0.39, 0.29) is 11.7 Å². The smallest absolute Gasteiger partial charge is 0.280 e. The zero-order chi connectivity index (χ0) is 9.84. The molecular formula is C9H12F2N2. The minimum Gasteiger partial charge on any atom is -0.312 e. The second kappa shape index (κ2) is 4.28. The number of hydrogen-bond acceptors (Lipinski definition) is 2. The Kier molecular flexibility index (Phi) is 3.31. The molecule has 0 aromatic carbocycles.